The Hall–Kier alpha value is -2.64. The van der Waals surface area contributed by atoms with E-state index in [9.17, 15) is 18.0 Å². The number of allylic oxidation sites excluding steroid dienone is 2. The van der Waals surface area contributed by atoms with Gasteiger partial charge in [0.25, 0.3) is 5.91 Å². The van der Waals surface area contributed by atoms with Gasteiger partial charge in [-0.2, -0.15) is 13.2 Å². The first-order valence-corrected chi connectivity index (χ1v) is 9.24. The fourth-order valence-corrected chi connectivity index (χ4v) is 3.19. The van der Waals surface area contributed by atoms with Gasteiger partial charge in [-0.05, 0) is 31.3 Å². The van der Waals surface area contributed by atoms with E-state index in [1.807, 2.05) is 6.92 Å². The molecule has 2 rings (SSSR count). The van der Waals surface area contributed by atoms with Crippen LogP contribution in [0.5, 0.6) is 0 Å². The van der Waals surface area contributed by atoms with Crippen LogP contribution in [0.3, 0.4) is 0 Å². The van der Waals surface area contributed by atoms with Crippen molar-refractivity contribution in [2.45, 2.75) is 44.8 Å². The highest BCUT2D eigenvalue weighted by Crippen LogP contribution is 2.29. The van der Waals surface area contributed by atoms with E-state index in [4.69, 9.17) is 0 Å². The van der Waals surface area contributed by atoms with E-state index in [0.29, 0.717) is 12.1 Å². The molecule has 1 amide bonds. The molecule has 1 atom stereocenters. The highest BCUT2D eigenvalue weighted by atomic mass is 19.4. The Morgan fingerprint density at radius 3 is 2.75 bits per heavy atom. The third-order valence-corrected chi connectivity index (χ3v) is 4.69. The summed E-state index contributed by atoms with van der Waals surface area (Å²) in [6, 6.07) is 0.0702. The standard InChI is InChI=1S/C20H25F3N4O/c1-4-9-14(5-2)12-24-17-16(13-25-19(26-17)20(21,22)23)18(28)27-11-8-7-10-15(27)6-3/h4-5,9,13,15H,1-2,6-8,10-12H2,3H3,(H,24,25,26)/b14-9+. The number of nitrogens with one attached hydrogen (secondary N) is 1. The third-order valence-electron chi connectivity index (χ3n) is 4.69. The summed E-state index contributed by atoms with van der Waals surface area (Å²) in [5, 5.41) is 2.83. The Labute approximate surface area is 163 Å². The summed E-state index contributed by atoms with van der Waals surface area (Å²) in [5.41, 5.74) is 0.736. The molecule has 0 saturated carbocycles. The molecule has 1 aliphatic rings. The lowest BCUT2D eigenvalue weighted by Crippen LogP contribution is -2.43. The molecule has 0 radical (unpaired) electrons. The van der Waals surface area contributed by atoms with E-state index < -0.39 is 12.0 Å². The van der Waals surface area contributed by atoms with E-state index in [2.05, 4.69) is 28.4 Å². The molecule has 1 aromatic rings. The lowest BCUT2D eigenvalue weighted by Gasteiger charge is -2.35. The van der Waals surface area contributed by atoms with Gasteiger partial charge in [-0.3, -0.25) is 4.79 Å². The summed E-state index contributed by atoms with van der Waals surface area (Å²) in [6.07, 6.45) is 4.62. The number of carbonyl (C=O) groups excluding carboxylic acids is 1. The zero-order valence-electron chi connectivity index (χ0n) is 15.9. The normalized spacial score (nSPS) is 17.9. The van der Waals surface area contributed by atoms with Crippen molar-refractivity contribution in [1.82, 2.24) is 14.9 Å². The first kappa shape index (κ1) is 21.7. The van der Waals surface area contributed by atoms with Gasteiger partial charge in [-0.25, -0.2) is 9.97 Å². The van der Waals surface area contributed by atoms with E-state index in [-0.39, 0.29) is 29.9 Å². The van der Waals surface area contributed by atoms with Crippen LogP contribution in [0.2, 0.25) is 0 Å². The number of anilines is 1. The average Bonchev–Trinajstić information content (AvgIpc) is 2.69. The van der Waals surface area contributed by atoms with Crippen LogP contribution in [0.15, 0.2) is 43.2 Å². The number of aromatic nitrogens is 2. The summed E-state index contributed by atoms with van der Waals surface area (Å²) in [7, 11) is 0. The van der Waals surface area contributed by atoms with Gasteiger partial charge in [-0.1, -0.05) is 38.3 Å². The van der Waals surface area contributed by atoms with E-state index in [0.717, 1.165) is 31.9 Å². The molecule has 0 bridgehead atoms. The lowest BCUT2D eigenvalue weighted by molar-refractivity contribution is -0.144. The number of halogens is 3. The third kappa shape index (κ3) is 5.21. The van der Waals surface area contributed by atoms with Crippen LogP contribution < -0.4 is 5.32 Å². The summed E-state index contributed by atoms with van der Waals surface area (Å²) in [4.78, 5) is 21.8. The number of hydrogen-bond donors (Lipinski definition) is 1. The first-order valence-electron chi connectivity index (χ1n) is 9.24. The van der Waals surface area contributed by atoms with Crippen molar-refractivity contribution in [3.05, 3.63) is 54.5 Å². The molecular formula is C20H25F3N4O. The number of hydrogen-bond acceptors (Lipinski definition) is 4. The molecule has 28 heavy (non-hydrogen) atoms. The molecule has 1 aliphatic heterocycles. The van der Waals surface area contributed by atoms with Gasteiger partial charge in [0.1, 0.15) is 11.4 Å². The SMILES string of the molecule is C=C/C=C(\C=C)CNc1nc(C(F)(F)F)ncc1C(=O)N1CCCCC1CC. The molecule has 152 valence electrons. The molecule has 0 aromatic carbocycles. The van der Waals surface area contributed by atoms with Crippen molar-refractivity contribution in [3.63, 3.8) is 0 Å². The van der Waals surface area contributed by atoms with Crippen molar-refractivity contribution < 1.29 is 18.0 Å². The number of likely N-dealkylation sites (tertiary alicyclic amines) is 1. The van der Waals surface area contributed by atoms with Crippen LogP contribution >= 0.6 is 0 Å². The van der Waals surface area contributed by atoms with Crippen LogP contribution in [0.25, 0.3) is 0 Å². The van der Waals surface area contributed by atoms with Gasteiger partial charge in [0, 0.05) is 25.3 Å². The minimum atomic E-state index is -4.70. The molecule has 0 spiro atoms. The van der Waals surface area contributed by atoms with Crippen LogP contribution in [0, 0.1) is 0 Å². The second-order valence-electron chi connectivity index (χ2n) is 6.55. The van der Waals surface area contributed by atoms with Gasteiger partial charge >= 0.3 is 6.18 Å². The van der Waals surface area contributed by atoms with Crippen molar-refractivity contribution >= 4 is 11.7 Å². The van der Waals surface area contributed by atoms with Crippen LogP contribution in [0.4, 0.5) is 19.0 Å². The molecule has 2 heterocycles. The molecule has 5 nitrogen and oxygen atoms in total. The molecule has 0 aliphatic carbocycles. The van der Waals surface area contributed by atoms with Gasteiger partial charge in [0.15, 0.2) is 0 Å². The molecule has 1 N–H and O–H groups in total. The zero-order valence-corrected chi connectivity index (χ0v) is 15.9. The molecule has 1 saturated heterocycles. The van der Waals surface area contributed by atoms with Crippen LogP contribution in [-0.4, -0.2) is 39.9 Å². The Morgan fingerprint density at radius 1 is 1.39 bits per heavy atom. The Morgan fingerprint density at radius 2 is 2.14 bits per heavy atom. The van der Waals surface area contributed by atoms with Gasteiger partial charge < -0.3 is 10.2 Å². The number of rotatable bonds is 7. The smallest absolute Gasteiger partial charge is 0.365 e. The maximum atomic E-state index is 13.1. The maximum absolute atomic E-state index is 13.1. The molecule has 8 heteroatoms. The van der Waals surface area contributed by atoms with Crippen LogP contribution in [0.1, 0.15) is 48.8 Å². The van der Waals surface area contributed by atoms with E-state index in [1.165, 1.54) is 0 Å². The quantitative estimate of drug-likeness (QED) is 0.686. The Balaban J connectivity index is 2.38. The Bertz CT molecular complexity index is 758. The van der Waals surface area contributed by atoms with Crippen molar-refractivity contribution in [2.75, 3.05) is 18.4 Å². The second kappa shape index (κ2) is 9.52. The van der Waals surface area contributed by atoms with E-state index in [1.54, 1.807) is 23.1 Å². The highest BCUT2D eigenvalue weighted by molar-refractivity contribution is 5.98. The number of carbonyl (C=O) groups is 1. The fraction of sp³-hybridized carbons (Fsp3) is 0.450. The van der Waals surface area contributed by atoms with Crippen molar-refractivity contribution in [1.29, 1.82) is 0 Å². The number of nitrogens with zero attached hydrogens (tertiary/aromatic N) is 3. The minimum absolute atomic E-state index is 0.0374. The first-order chi connectivity index (χ1) is 13.3. The maximum Gasteiger partial charge on any atom is 0.451 e. The van der Waals surface area contributed by atoms with Crippen LogP contribution in [-0.2, 0) is 6.18 Å². The summed E-state index contributed by atoms with van der Waals surface area (Å²) < 4.78 is 39.2. The highest BCUT2D eigenvalue weighted by Gasteiger charge is 2.36. The number of amides is 1. The fourth-order valence-electron chi connectivity index (χ4n) is 3.19. The summed E-state index contributed by atoms with van der Waals surface area (Å²) in [5.74, 6) is -1.77. The number of piperidine rings is 1. The average molecular weight is 394 g/mol. The molecule has 1 fully saturated rings. The minimum Gasteiger partial charge on any atom is -0.365 e. The van der Waals surface area contributed by atoms with Gasteiger partial charge in [-0.15, -0.1) is 0 Å². The Kier molecular flexibility index (Phi) is 7.37. The predicted octanol–water partition coefficient (Wildman–Crippen LogP) is 4.61. The summed E-state index contributed by atoms with van der Waals surface area (Å²) in [6.45, 7) is 9.97. The topological polar surface area (TPSA) is 58.1 Å². The molecular weight excluding hydrogens is 369 g/mol. The monoisotopic (exact) mass is 394 g/mol. The van der Waals surface area contributed by atoms with E-state index >= 15 is 0 Å². The van der Waals surface area contributed by atoms with Crippen molar-refractivity contribution in [3.8, 4) is 0 Å². The summed E-state index contributed by atoms with van der Waals surface area (Å²) >= 11 is 0. The largest absolute Gasteiger partial charge is 0.451 e. The second-order valence-corrected chi connectivity index (χ2v) is 6.55. The van der Waals surface area contributed by atoms with Gasteiger partial charge in [0.2, 0.25) is 5.82 Å². The van der Waals surface area contributed by atoms with Gasteiger partial charge in [0.05, 0.1) is 0 Å². The van der Waals surface area contributed by atoms with Crippen molar-refractivity contribution in [2.24, 2.45) is 0 Å². The molecule has 1 unspecified atom stereocenters. The molecule has 1 aromatic heterocycles. The zero-order chi connectivity index (χ0) is 20.7. The number of alkyl halides is 3. The lowest BCUT2D eigenvalue weighted by atomic mass is 9.99. The predicted molar refractivity (Wildman–Crippen MR) is 103 cm³/mol.